The van der Waals surface area contributed by atoms with Gasteiger partial charge in [0, 0.05) is 33.0 Å². The molecule has 0 rings (SSSR count). The van der Waals surface area contributed by atoms with Gasteiger partial charge >= 0.3 is 7.82 Å². The predicted molar refractivity (Wildman–Crippen MR) is 64.4 cm³/mol. The number of carbonyl (C=O) groups excluding carboxylic acids is 1. The molecule has 0 saturated heterocycles. The number of carbonyl (C=O) groups is 1. The van der Waals surface area contributed by atoms with Crippen LogP contribution in [-0.2, 0) is 22.9 Å². The van der Waals surface area contributed by atoms with Gasteiger partial charge in [-0.15, -0.1) is 11.8 Å². The van der Waals surface area contributed by atoms with E-state index in [9.17, 15) is 9.36 Å². The summed E-state index contributed by atoms with van der Waals surface area (Å²) in [6.07, 6.45) is 1.24. The summed E-state index contributed by atoms with van der Waals surface area (Å²) >= 11 is 0. The third-order valence-electron chi connectivity index (χ3n) is 2.07. The van der Waals surface area contributed by atoms with E-state index in [0.29, 0.717) is 6.42 Å². The second kappa shape index (κ2) is 8.43. The van der Waals surface area contributed by atoms with E-state index < -0.39 is 7.82 Å². The Hall–Kier alpha value is -0.660. The molecule has 0 unspecified atom stereocenters. The molecule has 0 aliphatic heterocycles. The second-order valence-electron chi connectivity index (χ2n) is 3.36. The lowest BCUT2D eigenvalue weighted by Gasteiger charge is -2.13. The Bertz CT molecular complexity index is 334. The van der Waals surface area contributed by atoms with E-state index in [1.807, 2.05) is 6.92 Å². The van der Waals surface area contributed by atoms with E-state index in [-0.39, 0.29) is 18.3 Å². The smallest absolute Gasteiger partial charge is 0.297 e. The zero-order valence-electron chi connectivity index (χ0n) is 10.7. The van der Waals surface area contributed by atoms with Crippen molar-refractivity contribution in [3.05, 3.63) is 0 Å². The van der Waals surface area contributed by atoms with Gasteiger partial charge in [0.25, 0.3) is 0 Å². The third kappa shape index (κ3) is 6.60. The van der Waals surface area contributed by atoms with Crippen molar-refractivity contribution in [2.75, 3.05) is 20.8 Å². The van der Waals surface area contributed by atoms with Gasteiger partial charge in [-0.1, -0.05) is 13.8 Å². The topological polar surface area (TPSA) is 61.8 Å². The Kier molecular flexibility index (Phi) is 8.11. The molecule has 0 heterocycles. The van der Waals surface area contributed by atoms with Crippen LogP contribution < -0.4 is 0 Å². The number of rotatable bonds is 7. The largest absolute Gasteiger partial charge is 0.474 e. The molecule has 17 heavy (non-hydrogen) atoms. The first-order valence-electron chi connectivity index (χ1n) is 5.33. The van der Waals surface area contributed by atoms with Crippen molar-refractivity contribution >= 4 is 13.6 Å². The molecule has 0 radical (unpaired) electrons. The molecule has 0 aliphatic rings. The number of hydrogen-bond donors (Lipinski definition) is 0. The first kappa shape index (κ1) is 16.3. The van der Waals surface area contributed by atoms with Gasteiger partial charge in [-0.2, -0.15) is 0 Å². The zero-order chi connectivity index (χ0) is 13.3. The van der Waals surface area contributed by atoms with Crippen LogP contribution in [0, 0.1) is 17.8 Å². The second-order valence-corrected chi connectivity index (χ2v) is 5.25. The highest BCUT2D eigenvalue weighted by atomic mass is 31.2. The molecule has 5 nitrogen and oxygen atoms in total. The number of ketones is 1. The van der Waals surface area contributed by atoms with Crippen molar-refractivity contribution in [1.82, 2.24) is 0 Å². The van der Waals surface area contributed by atoms with Gasteiger partial charge in [0.1, 0.15) is 6.61 Å². The Labute approximate surface area is 102 Å². The molecule has 0 aromatic rings. The van der Waals surface area contributed by atoms with Crippen molar-refractivity contribution < 1.29 is 22.9 Å². The molecule has 6 heteroatoms. The Morgan fingerprint density at radius 2 is 1.88 bits per heavy atom. The molecule has 0 N–H and O–H groups in total. The van der Waals surface area contributed by atoms with E-state index >= 15 is 0 Å². The molecule has 1 atom stereocenters. The molecule has 0 aliphatic carbocycles. The molecule has 0 aromatic carbocycles. The molecule has 0 amide bonds. The molecule has 0 fully saturated rings. The number of Topliss-reactive ketones (excluding diaryl/α,β-unsaturated/α-hetero) is 1. The monoisotopic (exact) mass is 262 g/mol. The maximum Gasteiger partial charge on any atom is 0.474 e. The normalized spacial score (nSPS) is 12.7. The highest BCUT2D eigenvalue weighted by Gasteiger charge is 2.25. The van der Waals surface area contributed by atoms with E-state index in [1.54, 1.807) is 6.92 Å². The van der Waals surface area contributed by atoms with Crippen LogP contribution in [-0.4, -0.2) is 26.6 Å². The number of phosphoric acid groups is 1. The molecule has 98 valence electrons. The molecule has 0 bridgehead atoms. The third-order valence-corrected chi connectivity index (χ3v) is 3.41. The maximum atomic E-state index is 11.6. The van der Waals surface area contributed by atoms with Crippen molar-refractivity contribution in [2.24, 2.45) is 5.92 Å². The molecule has 0 aromatic heterocycles. The van der Waals surface area contributed by atoms with E-state index in [1.165, 1.54) is 14.2 Å². The van der Waals surface area contributed by atoms with E-state index in [4.69, 9.17) is 4.52 Å². The quantitative estimate of drug-likeness (QED) is 0.521. The fourth-order valence-corrected chi connectivity index (χ4v) is 1.57. The number of phosphoric ester groups is 1. The molecular formula is C11H19O5P. The molecule has 0 saturated carbocycles. The summed E-state index contributed by atoms with van der Waals surface area (Å²) in [7, 11) is -1.16. The van der Waals surface area contributed by atoms with Gasteiger partial charge in [-0.3, -0.25) is 18.4 Å². The van der Waals surface area contributed by atoms with Gasteiger partial charge in [0.2, 0.25) is 0 Å². The van der Waals surface area contributed by atoms with Crippen LogP contribution in [0.15, 0.2) is 0 Å². The SMILES string of the molecule is CCC#CC[C@H](C)C(=O)COP(=O)(OC)OC. The molecular weight excluding hydrogens is 243 g/mol. The lowest BCUT2D eigenvalue weighted by atomic mass is 10.0. The first-order chi connectivity index (χ1) is 7.99. The fourth-order valence-electron chi connectivity index (χ4n) is 0.929. The zero-order valence-corrected chi connectivity index (χ0v) is 11.6. The summed E-state index contributed by atoms with van der Waals surface area (Å²) in [6.45, 7) is 3.39. The Balaban J connectivity index is 4.13. The van der Waals surface area contributed by atoms with Crippen molar-refractivity contribution in [3.63, 3.8) is 0 Å². The van der Waals surface area contributed by atoms with Crippen LogP contribution in [0.2, 0.25) is 0 Å². The van der Waals surface area contributed by atoms with Crippen molar-refractivity contribution in [3.8, 4) is 11.8 Å². The average Bonchev–Trinajstić information content (AvgIpc) is 2.35. The van der Waals surface area contributed by atoms with Gasteiger partial charge in [0.15, 0.2) is 5.78 Å². The summed E-state index contributed by atoms with van der Waals surface area (Å²) in [6, 6.07) is 0. The predicted octanol–water partition coefficient (Wildman–Crippen LogP) is 2.41. The van der Waals surface area contributed by atoms with Crippen LogP contribution in [0.25, 0.3) is 0 Å². The van der Waals surface area contributed by atoms with Gasteiger partial charge < -0.3 is 0 Å². The van der Waals surface area contributed by atoms with Gasteiger partial charge in [-0.05, 0) is 0 Å². The van der Waals surface area contributed by atoms with E-state index in [2.05, 4.69) is 20.9 Å². The summed E-state index contributed by atoms with van der Waals surface area (Å²) in [5.41, 5.74) is 0. The van der Waals surface area contributed by atoms with Crippen LogP contribution >= 0.6 is 7.82 Å². The van der Waals surface area contributed by atoms with Gasteiger partial charge in [-0.25, -0.2) is 4.57 Å². The summed E-state index contributed by atoms with van der Waals surface area (Å²) in [4.78, 5) is 11.6. The Morgan fingerprint density at radius 3 is 2.35 bits per heavy atom. The molecule has 0 spiro atoms. The minimum absolute atomic E-state index is 0.176. The first-order valence-corrected chi connectivity index (χ1v) is 6.79. The van der Waals surface area contributed by atoms with E-state index in [0.717, 1.165) is 6.42 Å². The Morgan fingerprint density at radius 1 is 1.29 bits per heavy atom. The lowest BCUT2D eigenvalue weighted by Crippen LogP contribution is -2.16. The highest BCUT2D eigenvalue weighted by Crippen LogP contribution is 2.47. The van der Waals surface area contributed by atoms with Crippen LogP contribution in [0.1, 0.15) is 26.7 Å². The lowest BCUT2D eigenvalue weighted by molar-refractivity contribution is -0.124. The van der Waals surface area contributed by atoms with Crippen LogP contribution in [0.3, 0.4) is 0 Å². The minimum Gasteiger partial charge on any atom is -0.297 e. The van der Waals surface area contributed by atoms with Crippen LogP contribution in [0.5, 0.6) is 0 Å². The summed E-state index contributed by atoms with van der Waals surface area (Å²) in [5, 5.41) is 0. The summed E-state index contributed by atoms with van der Waals surface area (Å²) < 4.78 is 25.4. The van der Waals surface area contributed by atoms with Gasteiger partial charge in [0.05, 0.1) is 0 Å². The maximum absolute atomic E-state index is 11.6. The average molecular weight is 262 g/mol. The summed E-state index contributed by atoms with van der Waals surface area (Å²) in [5.74, 6) is 5.33. The number of hydrogen-bond acceptors (Lipinski definition) is 5. The van der Waals surface area contributed by atoms with Crippen molar-refractivity contribution in [1.29, 1.82) is 0 Å². The van der Waals surface area contributed by atoms with Crippen LogP contribution in [0.4, 0.5) is 0 Å². The minimum atomic E-state index is -3.56. The highest BCUT2D eigenvalue weighted by molar-refractivity contribution is 7.48. The fraction of sp³-hybridized carbons (Fsp3) is 0.727. The van der Waals surface area contributed by atoms with Crippen molar-refractivity contribution in [2.45, 2.75) is 26.7 Å². The standard InChI is InChI=1S/C11H19O5P/c1-5-6-7-8-10(2)11(12)9-16-17(13,14-3)15-4/h10H,5,8-9H2,1-4H3/t10-/m0/s1.